The van der Waals surface area contributed by atoms with Gasteiger partial charge in [0, 0.05) is 13.2 Å². The van der Waals surface area contributed by atoms with Gasteiger partial charge in [0.25, 0.3) is 0 Å². The Bertz CT molecular complexity index is 312. The van der Waals surface area contributed by atoms with Crippen LogP contribution >= 0.6 is 0 Å². The first-order chi connectivity index (χ1) is 14.8. The molecule has 0 amide bonds. The Morgan fingerprint density at radius 3 is 1.13 bits per heavy atom. The van der Waals surface area contributed by atoms with E-state index in [0.29, 0.717) is 13.2 Å². The highest BCUT2D eigenvalue weighted by Gasteiger charge is 2.11. The van der Waals surface area contributed by atoms with E-state index in [9.17, 15) is 4.91 Å². The molecular weight excluding hydrogens is 382 g/mol. The summed E-state index contributed by atoms with van der Waals surface area (Å²) in [7, 11) is 0. The van der Waals surface area contributed by atoms with Crippen molar-refractivity contribution in [1.29, 1.82) is 0 Å². The van der Waals surface area contributed by atoms with E-state index in [4.69, 9.17) is 19.1 Å². The predicted octanol–water partition coefficient (Wildman–Crippen LogP) is 6.94. The van der Waals surface area contributed by atoms with Crippen molar-refractivity contribution < 1.29 is 24.2 Å². The van der Waals surface area contributed by atoms with Gasteiger partial charge in [-0.1, -0.05) is 104 Å². The summed E-state index contributed by atoms with van der Waals surface area (Å²) in [6.07, 6.45) is 20.5. The fourth-order valence-electron chi connectivity index (χ4n) is 3.26. The smallest absolute Gasteiger partial charge is 0.378 e. The Morgan fingerprint density at radius 2 is 0.767 bits per heavy atom. The first-order valence-electron chi connectivity index (χ1n) is 12.7. The van der Waals surface area contributed by atoms with Crippen LogP contribution in [-0.4, -0.2) is 44.7 Å². The van der Waals surface area contributed by atoms with Crippen LogP contribution in [0.3, 0.4) is 0 Å². The van der Waals surface area contributed by atoms with E-state index in [1.807, 2.05) is 0 Å². The minimum Gasteiger partial charge on any atom is -0.378 e. The molecule has 180 valence electrons. The van der Waals surface area contributed by atoms with E-state index in [1.54, 1.807) is 0 Å². The van der Waals surface area contributed by atoms with Crippen LogP contribution in [-0.2, 0) is 19.1 Å². The van der Waals surface area contributed by atoms with Crippen molar-refractivity contribution in [2.24, 2.45) is 0 Å². The molecule has 30 heavy (non-hydrogen) atoms. The van der Waals surface area contributed by atoms with Crippen molar-refractivity contribution in [2.75, 3.05) is 39.6 Å². The molecule has 0 unspecified atom stereocenters. The fraction of sp³-hybridized carbons (Fsp3) is 1.00. The third-order valence-electron chi connectivity index (χ3n) is 5.13. The summed E-state index contributed by atoms with van der Waals surface area (Å²) in [6, 6.07) is 0. The molecule has 0 aliphatic carbocycles. The Labute approximate surface area is 185 Å². The van der Waals surface area contributed by atoms with E-state index < -0.39 is 0 Å². The van der Waals surface area contributed by atoms with Gasteiger partial charge >= 0.3 is 5.09 Å². The molecule has 0 aromatic rings. The summed E-state index contributed by atoms with van der Waals surface area (Å²) in [5.74, 6) is 0. The lowest BCUT2D eigenvalue weighted by Crippen LogP contribution is -2.17. The number of hydrogen-bond acceptors (Lipinski definition) is 5. The van der Waals surface area contributed by atoms with Crippen molar-refractivity contribution in [3.63, 3.8) is 0 Å². The molecule has 0 saturated heterocycles. The lowest BCUT2D eigenvalue weighted by Gasteiger charge is -2.03. The minimum absolute atomic E-state index is 0.166. The van der Waals surface area contributed by atoms with Crippen LogP contribution < -0.4 is 0 Å². The molecule has 6 heteroatoms. The molecular formula is C24H50NO5+. The SMILES string of the molecule is CCCCCCCCCCOCCO[N+](=O)OCCOCCCCCCCCCC. The average Bonchev–Trinajstić information content (AvgIpc) is 2.75. The van der Waals surface area contributed by atoms with Gasteiger partial charge in [0.05, 0.1) is 13.2 Å². The quantitative estimate of drug-likeness (QED) is 0.109. The van der Waals surface area contributed by atoms with Crippen LogP contribution in [0.2, 0.25) is 0 Å². The maximum Gasteiger partial charge on any atom is 0.477 e. The number of rotatable bonds is 26. The predicted molar refractivity (Wildman–Crippen MR) is 122 cm³/mol. The largest absolute Gasteiger partial charge is 0.477 e. The van der Waals surface area contributed by atoms with E-state index in [0.717, 1.165) is 26.1 Å². The minimum atomic E-state index is 0.166. The Hall–Kier alpha value is -0.880. The maximum absolute atomic E-state index is 11.4. The molecule has 0 aromatic heterocycles. The molecule has 0 atom stereocenters. The van der Waals surface area contributed by atoms with Gasteiger partial charge in [-0.3, -0.25) is 0 Å². The van der Waals surface area contributed by atoms with Gasteiger partial charge in [0.2, 0.25) is 0 Å². The highest BCUT2D eigenvalue weighted by molar-refractivity contribution is 4.46. The summed E-state index contributed by atoms with van der Waals surface area (Å²) < 4.78 is 11.0. The summed E-state index contributed by atoms with van der Waals surface area (Å²) in [6.45, 7) is 7.18. The normalized spacial score (nSPS) is 11.0. The van der Waals surface area contributed by atoms with Crippen molar-refractivity contribution in [2.45, 2.75) is 117 Å². The van der Waals surface area contributed by atoms with Gasteiger partial charge in [-0.15, -0.1) is 0 Å². The molecule has 0 N–H and O–H groups in total. The highest BCUT2D eigenvalue weighted by atomic mass is 17.0. The van der Waals surface area contributed by atoms with Gasteiger partial charge in [-0.05, 0) is 12.8 Å². The van der Waals surface area contributed by atoms with Gasteiger partial charge in [0.1, 0.15) is 4.91 Å². The second kappa shape index (κ2) is 26.2. The topological polar surface area (TPSA) is 57.0 Å². The highest BCUT2D eigenvalue weighted by Crippen LogP contribution is 2.09. The summed E-state index contributed by atoms with van der Waals surface area (Å²) in [4.78, 5) is 21.2. The molecule has 0 aliphatic rings. The van der Waals surface area contributed by atoms with E-state index in [1.165, 1.54) is 89.9 Å². The van der Waals surface area contributed by atoms with Gasteiger partial charge in [0.15, 0.2) is 13.2 Å². The fourth-order valence-corrected chi connectivity index (χ4v) is 3.26. The van der Waals surface area contributed by atoms with Crippen molar-refractivity contribution in [3.05, 3.63) is 4.91 Å². The van der Waals surface area contributed by atoms with Crippen LogP contribution in [0.1, 0.15) is 117 Å². The van der Waals surface area contributed by atoms with Gasteiger partial charge in [-0.2, -0.15) is 9.68 Å². The molecule has 0 aromatic carbocycles. The molecule has 6 nitrogen and oxygen atoms in total. The Morgan fingerprint density at radius 1 is 0.433 bits per heavy atom. The molecule has 0 heterocycles. The van der Waals surface area contributed by atoms with E-state index >= 15 is 0 Å². The van der Waals surface area contributed by atoms with E-state index in [-0.39, 0.29) is 18.3 Å². The van der Waals surface area contributed by atoms with Crippen LogP contribution in [0, 0.1) is 4.91 Å². The van der Waals surface area contributed by atoms with Crippen molar-refractivity contribution >= 4 is 0 Å². The van der Waals surface area contributed by atoms with Crippen LogP contribution in [0.15, 0.2) is 0 Å². The van der Waals surface area contributed by atoms with Gasteiger partial charge in [-0.25, -0.2) is 0 Å². The first kappa shape index (κ1) is 29.1. The Kier molecular flexibility index (Phi) is 25.4. The van der Waals surface area contributed by atoms with E-state index in [2.05, 4.69) is 13.8 Å². The molecule has 0 aliphatic heterocycles. The maximum atomic E-state index is 11.4. The second-order valence-electron chi connectivity index (χ2n) is 8.06. The molecule has 0 rings (SSSR count). The number of hydrogen-bond donors (Lipinski definition) is 0. The number of nitrogens with zero attached hydrogens (tertiary/aromatic N) is 1. The molecule has 0 saturated carbocycles. The third-order valence-corrected chi connectivity index (χ3v) is 5.13. The first-order valence-corrected chi connectivity index (χ1v) is 12.7. The zero-order valence-electron chi connectivity index (χ0n) is 20.0. The van der Waals surface area contributed by atoms with Crippen molar-refractivity contribution in [1.82, 2.24) is 0 Å². The molecule has 0 bridgehead atoms. The monoisotopic (exact) mass is 432 g/mol. The zero-order chi connectivity index (χ0) is 22.0. The molecule has 0 spiro atoms. The van der Waals surface area contributed by atoms with Crippen LogP contribution in [0.4, 0.5) is 0 Å². The molecule has 0 radical (unpaired) electrons. The summed E-state index contributed by atoms with van der Waals surface area (Å²) in [5, 5.41) is 0.166. The van der Waals surface area contributed by atoms with Crippen LogP contribution in [0.25, 0.3) is 0 Å². The third kappa shape index (κ3) is 25.2. The molecule has 0 fully saturated rings. The van der Waals surface area contributed by atoms with Crippen LogP contribution in [0.5, 0.6) is 0 Å². The average molecular weight is 433 g/mol. The number of ether oxygens (including phenoxy) is 2. The van der Waals surface area contributed by atoms with Gasteiger partial charge < -0.3 is 9.47 Å². The lowest BCUT2D eigenvalue weighted by atomic mass is 10.1. The number of unbranched alkanes of at least 4 members (excludes halogenated alkanes) is 14. The lowest BCUT2D eigenvalue weighted by molar-refractivity contribution is -0.981. The zero-order valence-corrected chi connectivity index (χ0v) is 20.0. The summed E-state index contributed by atoms with van der Waals surface area (Å²) in [5.41, 5.74) is 0. The summed E-state index contributed by atoms with van der Waals surface area (Å²) >= 11 is 0. The Balaban J connectivity index is 3.14. The second-order valence-corrected chi connectivity index (χ2v) is 8.06. The van der Waals surface area contributed by atoms with Crippen molar-refractivity contribution in [3.8, 4) is 0 Å². The standard InChI is InChI=1S/C24H50NO5/c1-3-5-7-9-11-13-15-17-19-27-21-23-29-25(26)30-24-22-28-20-18-16-14-12-10-8-6-4-2/h3-24H2,1-2H3/q+1.